The minimum atomic E-state index is -0.293. The lowest BCUT2D eigenvalue weighted by Gasteiger charge is -2.12. The summed E-state index contributed by atoms with van der Waals surface area (Å²) in [6.07, 6.45) is 0. The highest BCUT2D eigenvalue weighted by Gasteiger charge is 2.16. The number of hydrogen-bond acceptors (Lipinski definition) is 4. The molecule has 0 aliphatic heterocycles. The Morgan fingerprint density at radius 3 is 2.56 bits per heavy atom. The van der Waals surface area contributed by atoms with Gasteiger partial charge in [0.15, 0.2) is 5.11 Å². The highest BCUT2D eigenvalue weighted by atomic mass is 35.5. The lowest BCUT2D eigenvalue weighted by Crippen LogP contribution is -2.43. The number of amides is 1. The number of halogens is 1. The van der Waals surface area contributed by atoms with Gasteiger partial charge in [0.05, 0.1) is 5.69 Å². The Hall–Kier alpha value is -2.48. The summed E-state index contributed by atoms with van der Waals surface area (Å²) < 4.78 is 0. The van der Waals surface area contributed by atoms with E-state index in [-0.39, 0.29) is 11.0 Å². The summed E-state index contributed by atoms with van der Waals surface area (Å²) in [7, 11) is 0. The van der Waals surface area contributed by atoms with Gasteiger partial charge in [-0.1, -0.05) is 48.0 Å². The zero-order valence-corrected chi connectivity index (χ0v) is 17.1. The first-order valence-corrected chi connectivity index (χ1v) is 9.70. The van der Waals surface area contributed by atoms with Crippen LogP contribution in [0.5, 0.6) is 0 Å². The molecule has 5 nitrogen and oxygen atoms in total. The van der Waals surface area contributed by atoms with Crippen molar-refractivity contribution in [3.05, 3.63) is 69.7 Å². The summed E-state index contributed by atoms with van der Waals surface area (Å²) >= 11 is 12.6. The van der Waals surface area contributed by atoms with Crippen molar-refractivity contribution in [1.29, 1.82) is 0 Å². The molecule has 0 aliphatic carbocycles. The minimum absolute atomic E-state index is 0.258. The van der Waals surface area contributed by atoms with Crippen molar-refractivity contribution in [3.8, 4) is 10.6 Å². The van der Waals surface area contributed by atoms with Crippen LogP contribution in [-0.4, -0.2) is 16.0 Å². The largest absolute Gasteiger partial charge is 0.331 e. The molecule has 0 spiro atoms. The normalized spacial score (nSPS) is 10.3. The van der Waals surface area contributed by atoms with Crippen molar-refractivity contribution in [3.63, 3.8) is 0 Å². The molecule has 1 heterocycles. The van der Waals surface area contributed by atoms with Crippen LogP contribution in [0.3, 0.4) is 0 Å². The van der Waals surface area contributed by atoms with Crippen LogP contribution in [0.4, 0.5) is 5.69 Å². The van der Waals surface area contributed by atoms with Gasteiger partial charge in [-0.3, -0.25) is 15.6 Å². The van der Waals surface area contributed by atoms with E-state index in [2.05, 4.69) is 21.2 Å². The number of thiazole rings is 1. The van der Waals surface area contributed by atoms with E-state index >= 15 is 0 Å². The van der Waals surface area contributed by atoms with Crippen molar-refractivity contribution in [2.75, 3.05) is 5.32 Å². The van der Waals surface area contributed by atoms with Crippen molar-refractivity contribution in [2.45, 2.75) is 13.8 Å². The molecule has 0 fully saturated rings. The first kappa shape index (κ1) is 19.3. The molecule has 0 saturated heterocycles. The Bertz CT molecular complexity index is 989. The molecule has 8 heteroatoms. The summed E-state index contributed by atoms with van der Waals surface area (Å²) in [5, 5.41) is 4.67. The van der Waals surface area contributed by atoms with Crippen LogP contribution in [0.25, 0.3) is 10.6 Å². The van der Waals surface area contributed by atoms with Crippen molar-refractivity contribution in [2.24, 2.45) is 0 Å². The topological polar surface area (TPSA) is 66.0 Å². The average Bonchev–Trinajstić information content (AvgIpc) is 3.05. The molecule has 0 radical (unpaired) electrons. The van der Waals surface area contributed by atoms with E-state index in [1.54, 1.807) is 6.07 Å². The number of aryl methyl sites for hydroxylation is 2. The third-order valence-electron chi connectivity index (χ3n) is 3.74. The molecule has 0 unspecified atom stereocenters. The first-order valence-electron chi connectivity index (χ1n) is 8.10. The Morgan fingerprint density at radius 2 is 1.85 bits per heavy atom. The maximum absolute atomic E-state index is 12.5. The van der Waals surface area contributed by atoms with Crippen LogP contribution in [0, 0.1) is 13.8 Å². The molecule has 1 aromatic heterocycles. The number of carbonyl (C=O) groups is 1. The van der Waals surface area contributed by atoms with Crippen LogP contribution in [0.1, 0.15) is 20.9 Å². The van der Waals surface area contributed by atoms with Crippen LogP contribution in [-0.2, 0) is 0 Å². The van der Waals surface area contributed by atoms with Gasteiger partial charge < -0.3 is 5.32 Å². The van der Waals surface area contributed by atoms with E-state index in [4.69, 9.17) is 23.8 Å². The number of carbonyl (C=O) groups excluding carboxylic acids is 1. The molecule has 3 rings (SSSR count). The molecule has 2 aromatic carbocycles. The maximum Gasteiger partial charge on any atom is 0.281 e. The summed E-state index contributed by atoms with van der Waals surface area (Å²) in [5.74, 6) is -0.293. The van der Waals surface area contributed by atoms with E-state index < -0.39 is 0 Å². The summed E-state index contributed by atoms with van der Waals surface area (Å²) in [5.41, 5.74) is 8.65. The highest BCUT2D eigenvalue weighted by Crippen LogP contribution is 2.27. The third kappa shape index (κ3) is 4.82. The lowest BCUT2D eigenvalue weighted by atomic mass is 10.2. The van der Waals surface area contributed by atoms with Gasteiger partial charge in [-0.2, -0.15) is 0 Å². The molecule has 1 amide bonds. The van der Waals surface area contributed by atoms with Crippen LogP contribution < -0.4 is 16.2 Å². The van der Waals surface area contributed by atoms with Crippen molar-refractivity contribution >= 4 is 51.9 Å². The third-order valence-corrected chi connectivity index (χ3v) is 5.56. The smallest absolute Gasteiger partial charge is 0.281 e. The molecule has 0 saturated carbocycles. The molecular formula is C19H17ClN4OS2. The number of rotatable bonds is 3. The minimum Gasteiger partial charge on any atom is -0.331 e. The van der Waals surface area contributed by atoms with Crippen LogP contribution in [0.15, 0.2) is 48.5 Å². The second-order valence-electron chi connectivity index (χ2n) is 5.80. The summed E-state index contributed by atoms with van der Waals surface area (Å²) in [4.78, 5) is 17.5. The fourth-order valence-corrected chi connectivity index (χ4v) is 3.63. The summed E-state index contributed by atoms with van der Waals surface area (Å²) in [6.45, 7) is 3.73. The van der Waals surface area contributed by atoms with Gasteiger partial charge >= 0.3 is 0 Å². The lowest BCUT2D eigenvalue weighted by molar-refractivity contribution is 0.0947. The van der Waals surface area contributed by atoms with E-state index in [1.807, 2.05) is 56.3 Å². The van der Waals surface area contributed by atoms with Gasteiger partial charge in [0, 0.05) is 16.3 Å². The van der Waals surface area contributed by atoms with Gasteiger partial charge in [-0.15, -0.1) is 11.3 Å². The van der Waals surface area contributed by atoms with E-state index in [0.717, 1.165) is 21.8 Å². The molecule has 27 heavy (non-hydrogen) atoms. The molecule has 3 aromatic rings. The standard InChI is InChI=1S/C19H17ClN4OS2/c1-11-8-9-14(10-15(11)20)22-19(26)24-23-17(25)16-12(2)21-18(27-16)13-6-4-3-5-7-13/h3-10H,1-2H3,(H,23,25)(H2,22,24,26). The van der Waals surface area contributed by atoms with E-state index in [9.17, 15) is 4.79 Å². The SMILES string of the molecule is Cc1ccc(NC(=S)NNC(=O)c2sc(-c3ccccc3)nc2C)cc1Cl. The van der Waals surface area contributed by atoms with Gasteiger partial charge in [-0.25, -0.2) is 4.98 Å². The number of aromatic nitrogens is 1. The first-order chi connectivity index (χ1) is 12.9. The zero-order chi connectivity index (χ0) is 19.4. The molecular weight excluding hydrogens is 400 g/mol. The van der Waals surface area contributed by atoms with Gasteiger partial charge in [0.25, 0.3) is 5.91 Å². The fraction of sp³-hybridized carbons (Fsp3) is 0.105. The average molecular weight is 417 g/mol. The van der Waals surface area contributed by atoms with Gasteiger partial charge in [-0.05, 0) is 43.8 Å². The Kier molecular flexibility index (Phi) is 6.05. The van der Waals surface area contributed by atoms with E-state index in [1.165, 1.54) is 11.3 Å². The molecule has 0 atom stereocenters. The number of thiocarbonyl (C=S) groups is 1. The van der Waals surface area contributed by atoms with Crippen molar-refractivity contribution < 1.29 is 4.79 Å². The molecule has 0 aliphatic rings. The molecule has 3 N–H and O–H groups in total. The number of nitrogens with zero attached hydrogens (tertiary/aromatic N) is 1. The monoisotopic (exact) mass is 416 g/mol. The second-order valence-corrected chi connectivity index (χ2v) is 7.61. The number of nitrogens with one attached hydrogen (secondary N) is 3. The highest BCUT2D eigenvalue weighted by molar-refractivity contribution is 7.80. The predicted octanol–water partition coefficient (Wildman–Crippen LogP) is 4.71. The van der Waals surface area contributed by atoms with Crippen LogP contribution >= 0.6 is 35.2 Å². The Morgan fingerprint density at radius 1 is 1.11 bits per heavy atom. The maximum atomic E-state index is 12.5. The number of hydrazine groups is 1. The van der Waals surface area contributed by atoms with E-state index in [0.29, 0.717) is 15.6 Å². The Labute approximate surface area is 171 Å². The zero-order valence-electron chi connectivity index (χ0n) is 14.7. The van der Waals surface area contributed by atoms with Crippen LogP contribution in [0.2, 0.25) is 5.02 Å². The number of hydrogen-bond donors (Lipinski definition) is 3. The molecule has 138 valence electrons. The van der Waals surface area contributed by atoms with Gasteiger partial charge in [0.1, 0.15) is 9.88 Å². The quantitative estimate of drug-likeness (QED) is 0.426. The fourth-order valence-electron chi connectivity index (χ4n) is 2.31. The second kappa shape index (κ2) is 8.47. The molecule has 0 bridgehead atoms. The Balaban J connectivity index is 1.61. The van der Waals surface area contributed by atoms with Crippen molar-refractivity contribution in [1.82, 2.24) is 15.8 Å². The summed E-state index contributed by atoms with van der Waals surface area (Å²) in [6, 6.07) is 15.3. The number of benzene rings is 2. The predicted molar refractivity (Wildman–Crippen MR) is 115 cm³/mol. The van der Waals surface area contributed by atoms with Gasteiger partial charge in [0.2, 0.25) is 0 Å². The number of anilines is 1.